The maximum Gasteiger partial charge on any atom is 0.343 e. The highest BCUT2D eigenvalue weighted by atomic mass is 16.6. The summed E-state index contributed by atoms with van der Waals surface area (Å²) in [6.07, 6.45) is 13.4. The third kappa shape index (κ3) is 11.9. The highest BCUT2D eigenvalue weighted by Gasteiger charge is 2.32. The average molecular weight is 633 g/mol. The Hall–Kier alpha value is -3.08. The first kappa shape index (κ1) is 37.4. The number of hydrogen-bond donors (Lipinski definition) is 0. The molecule has 0 N–H and O–H groups in total. The molecule has 3 rings (SSSR count). The molecule has 0 radical (unpaired) electrons. The summed E-state index contributed by atoms with van der Waals surface area (Å²) in [5.41, 5.74) is 2.52. The van der Waals surface area contributed by atoms with Crippen LogP contribution in [0.4, 0.5) is 0 Å². The van der Waals surface area contributed by atoms with E-state index in [1.807, 2.05) is 39.8 Å². The molecular weight excluding hydrogens is 572 g/mol. The number of esters is 2. The van der Waals surface area contributed by atoms with Crippen LogP contribution in [0, 0.1) is 24.7 Å². The molecule has 1 aliphatic heterocycles. The van der Waals surface area contributed by atoms with E-state index in [1.165, 1.54) is 51.4 Å². The van der Waals surface area contributed by atoms with Crippen molar-refractivity contribution in [2.45, 2.75) is 144 Å². The van der Waals surface area contributed by atoms with E-state index in [0.717, 1.165) is 53.9 Å². The van der Waals surface area contributed by atoms with Gasteiger partial charge in [0.05, 0.1) is 11.1 Å². The van der Waals surface area contributed by atoms with Crippen molar-refractivity contribution in [3.05, 3.63) is 65.2 Å². The molecule has 0 saturated carbocycles. The number of carbonyl (C=O) groups is 2. The molecule has 3 atom stereocenters. The van der Waals surface area contributed by atoms with Crippen LogP contribution in [0.2, 0.25) is 0 Å². The van der Waals surface area contributed by atoms with Crippen molar-refractivity contribution in [3.8, 4) is 11.5 Å². The monoisotopic (exact) mass is 632 g/mol. The summed E-state index contributed by atoms with van der Waals surface area (Å²) in [6, 6.07) is 10.5. The smallest absolute Gasteiger partial charge is 0.343 e. The molecule has 2 aromatic carbocycles. The molecule has 0 amide bonds. The molecule has 1 heterocycles. The van der Waals surface area contributed by atoms with Crippen molar-refractivity contribution in [1.29, 1.82) is 0 Å². The molecule has 2 aromatic rings. The minimum atomic E-state index is -0.607. The fourth-order valence-corrected chi connectivity index (χ4v) is 6.31. The first-order chi connectivity index (χ1) is 21.5. The van der Waals surface area contributed by atoms with Gasteiger partial charge < -0.3 is 14.2 Å². The summed E-state index contributed by atoms with van der Waals surface area (Å²) in [6.45, 7) is 23.0. The van der Waals surface area contributed by atoms with Crippen LogP contribution < -0.4 is 9.47 Å². The Labute approximate surface area is 279 Å². The molecule has 0 fully saturated rings. The van der Waals surface area contributed by atoms with Crippen molar-refractivity contribution in [2.75, 3.05) is 0 Å². The molecule has 5 nitrogen and oxygen atoms in total. The van der Waals surface area contributed by atoms with E-state index in [4.69, 9.17) is 14.2 Å². The van der Waals surface area contributed by atoms with Gasteiger partial charge in [-0.1, -0.05) is 91.4 Å². The van der Waals surface area contributed by atoms with Crippen molar-refractivity contribution in [1.82, 2.24) is 0 Å². The van der Waals surface area contributed by atoms with E-state index in [1.54, 1.807) is 24.3 Å². The Balaban J connectivity index is 1.48. The summed E-state index contributed by atoms with van der Waals surface area (Å²) < 4.78 is 17.8. The number of carbonyl (C=O) groups excluding carboxylic acids is 2. The second-order valence-corrected chi connectivity index (χ2v) is 15.6. The molecule has 1 aliphatic rings. The molecule has 0 aromatic heterocycles. The van der Waals surface area contributed by atoms with Crippen LogP contribution in [0.15, 0.2) is 43.0 Å². The standard InChI is InChI=1S/C41H60O5/c1-28(2)14-11-15-29(3)16-12-17-30(4)18-13-24-41(10)25-23-35-27-36(26-31(5)37(35)45-41)44-39(43)34-21-19-33(20-22-34)32(6)38(42)46-40(7,8)9/h19-22,26-30H,6,11-18,23-25H2,1-5,7-10H3/t29-,30-,41+/m1/s1. The normalized spacial score (nSPS) is 17.5. The molecule has 46 heavy (non-hydrogen) atoms. The molecular formula is C41H60O5. The van der Waals surface area contributed by atoms with Gasteiger partial charge in [0.15, 0.2) is 0 Å². The van der Waals surface area contributed by atoms with Crippen LogP contribution in [0.3, 0.4) is 0 Å². The Bertz CT molecular complexity index is 1320. The third-order valence-corrected chi connectivity index (χ3v) is 9.20. The highest BCUT2D eigenvalue weighted by Crippen LogP contribution is 2.40. The summed E-state index contributed by atoms with van der Waals surface area (Å²) in [5, 5.41) is 0. The lowest BCUT2D eigenvalue weighted by Gasteiger charge is -2.37. The minimum absolute atomic E-state index is 0.175. The van der Waals surface area contributed by atoms with Crippen LogP contribution in [0.1, 0.15) is 147 Å². The highest BCUT2D eigenvalue weighted by molar-refractivity contribution is 6.15. The maximum absolute atomic E-state index is 13.0. The number of benzene rings is 2. The lowest BCUT2D eigenvalue weighted by molar-refractivity contribution is -0.147. The number of hydrogen-bond acceptors (Lipinski definition) is 5. The molecule has 254 valence electrons. The number of aryl methyl sites for hydroxylation is 2. The fraction of sp³-hybridized carbons (Fsp3) is 0.610. The molecule has 0 bridgehead atoms. The van der Waals surface area contributed by atoms with Gasteiger partial charge in [0.1, 0.15) is 22.7 Å². The molecule has 0 saturated heterocycles. The van der Waals surface area contributed by atoms with E-state index in [-0.39, 0.29) is 11.2 Å². The van der Waals surface area contributed by atoms with Gasteiger partial charge in [-0.25, -0.2) is 9.59 Å². The summed E-state index contributed by atoms with van der Waals surface area (Å²) >= 11 is 0. The van der Waals surface area contributed by atoms with Crippen LogP contribution in [0.25, 0.3) is 5.57 Å². The van der Waals surface area contributed by atoms with Gasteiger partial charge in [0.2, 0.25) is 0 Å². The lowest BCUT2D eigenvalue weighted by Crippen LogP contribution is -2.36. The first-order valence-corrected chi connectivity index (χ1v) is 17.6. The average Bonchev–Trinajstić information content (AvgIpc) is 2.96. The fourth-order valence-electron chi connectivity index (χ4n) is 6.31. The van der Waals surface area contributed by atoms with Crippen molar-refractivity contribution in [2.24, 2.45) is 17.8 Å². The third-order valence-electron chi connectivity index (χ3n) is 9.20. The number of rotatable bonds is 16. The zero-order valence-corrected chi connectivity index (χ0v) is 30.2. The zero-order chi connectivity index (χ0) is 34.1. The summed E-state index contributed by atoms with van der Waals surface area (Å²) in [5.74, 6) is 2.92. The van der Waals surface area contributed by atoms with Gasteiger partial charge in [0.25, 0.3) is 0 Å². The van der Waals surface area contributed by atoms with E-state index in [2.05, 4.69) is 41.2 Å². The van der Waals surface area contributed by atoms with Crippen molar-refractivity contribution >= 4 is 17.5 Å². The Morgan fingerprint density at radius 1 is 0.891 bits per heavy atom. The van der Waals surface area contributed by atoms with Crippen molar-refractivity contribution < 1.29 is 23.8 Å². The van der Waals surface area contributed by atoms with Gasteiger partial charge in [-0.05, 0) is 119 Å². The van der Waals surface area contributed by atoms with E-state index >= 15 is 0 Å². The van der Waals surface area contributed by atoms with Gasteiger partial charge in [-0.15, -0.1) is 0 Å². The summed E-state index contributed by atoms with van der Waals surface area (Å²) in [4.78, 5) is 25.3. The zero-order valence-electron chi connectivity index (χ0n) is 30.2. The quantitative estimate of drug-likeness (QED) is 0.105. The summed E-state index contributed by atoms with van der Waals surface area (Å²) in [7, 11) is 0. The second-order valence-electron chi connectivity index (χ2n) is 15.6. The van der Waals surface area contributed by atoms with Gasteiger partial charge in [-0.2, -0.15) is 0 Å². The van der Waals surface area contributed by atoms with Crippen LogP contribution in [-0.4, -0.2) is 23.1 Å². The van der Waals surface area contributed by atoms with Crippen molar-refractivity contribution in [3.63, 3.8) is 0 Å². The predicted molar refractivity (Wildman–Crippen MR) is 190 cm³/mol. The van der Waals surface area contributed by atoms with Gasteiger partial charge in [-0.3, -0.25) is 0 Å². The van der Waals surface area contributed by atoms with E-state index in [0.29, 0.717) is 16.9 Å². The number of ether oxygens (including phenoxy) is 3. The van der Waals surface area contributed by atoms with Gasteiger partial charge >= 0.3 is 11.9 Å². The Morgan fingerprint density at radius 3 is 2.04 bits per heavy atom. The first-order valence-electron chi connectivity index (χ1n) is 17.6. The van der Waals surface area contributed by atoms with Gasteiger partial charge in [0, 0.05) is 0 Å². The molecule has 5 heteroatoms. The Kier molecular flexibility index (Phi) is 13.5. The molecule has 0 unspecified atom stereocenters. The van der Waals surface area contributed by atoms with Crippen LogP contribution in [-0.2, 0) is 16.0 Å². The topological polar surface area (TPSA) is 61.8 Å². The second kappa shape index (κ2) is 16.7. The largest absolute Gasteiger partial charge is 0.487 e. The van der Waals surface area contributed by atoms with E-state index in [9.17, 15) is 9.59 Å². The molecule has 0 aliphatic carbocycles. The van der Waals surface area contributed by atoms with Crippen LogP contribution >= 0.6 is 0 Å². The number of fused-ring (bicyclic) bond motifs is 1. The molecule has 0 spiro atoms. The lowest BCUT2D eigenvalue weighted by atomic mass is 9.85. The maximum atomic E-state index is 13.0. The SMILES string of the molecule is C=C(C(=O)OC(C)(C)C)c1ccc(C(=O)Oc2cc(C)c3c(c2)CC[C@](C)(CCC[C@H](C)CCC[C@H](C)CCCC(C)C)O3)cc1. The predicted octanol–water partition coefficient (Wildman–Crippen LogP) is 11.1. The minimum Gasteiger partial charge on any atom is -0.487 e. The van der Waals surface area contributed by atoms with Crippen LogP contribution in [0.5, 0.6) is 11.5 Å². The van der Waals surface area contributed by atoms with E-state index < -0.39 is 17.5 Å². The Morgan fingerprint density at radius 2 is 1.46 bits per heavy atom.